The Morgan fingerprint density at radius 2 is 2.35 bits per heavy atom. The summed E-state index contributed by atoms with van der Waals surface area (Å²) in [6, 6.07) is 7.60. The first-order chi connectivity index (χ1) is 8.19. The SMILES string of the molecule is CCOc1cccc(/C=C2/SC(=S)NC2=O)c1. The largest absolute Gasteiger partial charge is 0.494 e. The average Bonchev–Trinajstić information content (AvgIpc) is 2.58. The molecule has 0 aromatic heterocycles. The minimum Gasteiger partial charge on any atom is -0.494 e. The lowest BCUT2D eigenvalue weighted by Crippen LogP contribution is -2.17. The number of hydrogen-bond acceptors (Lipinski definition) is 4. The number of carbonyl (C=O) groups excluding carboxylic acids is 1. The minimum absolute atomic E-state index is 0.137. The lowest BCUT2D eigenvalue weighted by Gasteiger charge is -2.03. The zero-order valence-corrected chi connectivity index (χ0v) is 10.9. The highest BCUT2D eigenvalue weighted by molar-refractivity contribution is 8.26. The number of amides is 1. The van der Waals surface area contributed by atoms with Gasteiger partial charge >= 0.3 is 0 Å². The highest BCUT2D eigenvalue weighted by atomic mass is 32.2. The Labute approximate surface area is 109 Å². The van der Waals surface area contributed by atoms with Gasteiger partial charge < -0.3 is 10.1 Å². The summed E-state index contributed by atoms with van der Waals surface area (Å²) in [4.78, 5) is 12.1. The monoisotopic (exact) mass is 265 g/mol. The second kappa shape index (κ2) is 5.33. The van der Waals surface area contributed by atoms with Crippen molar-refractivity contribution < 1.29 is 9.53 Å². The van der Waals surface area contributed by atoms with Gasteiger partial charge in [-0.1, -0.05) is 36.1 Å². The normalized spacial score (nSPS) is 17.4. The fourth-order valence-corrected chi connectivity index (χ4v) is 2.48. The predicted molar refractivity (Wildman–Crippen MR) is 73.9 cm³/mol. The van der Waals surface area contributed by atoms with E-state index in [9.17, 15) is 4.79 Å². The number of thiocarbonyl (C=S) groups is 1. The molecule has 0 aliphatic carbocycles. The van der Waals surface area contributed by atoms with E-state index < -0.39 is 0 Å². The zero-order valence-electron chi connectivity index (χ0n) is 9.23. The molecule has 0 atom stereocenters. The number of ether oxygens (including phenoxy) is 1. The van der Waals surface area contributed by atoms with Crippen molar-refractivity contribution in [2.45, 2.75) is 6.92 Å². The number of carbonyl (C=O) groups is 1. The van der Waals surface area contributed by atoms with Gasteiger partial charge in [0.15, 0.2) is 0 Å². The van der Waals surface area contributed by atoms with Crippen molar-refractivity contribution in [2.24, 2.45) is 0 Å². The van der Waals surface area contributed by atoms with E-state index in [1.54, 1.807) is 0 Å². The van der Waals surface area contributed by atoms with Gasteiger partial charge in [0.05, 0.1) is 11.5 Å². The lowest BCUT2D eigenvalue weighted by atomic mass is 10.2. The fraction of sp³-hybridized carbons (Fsp3) is 0.167. The van der Waals surface area contributed by atoms with Gasteiger partial charge in [-0.15, -0.1) is 0 Å². The summed E-state index contributed by atoms with van der Waals surface area (Å²) in [7, 11) is 0. The molecule has 1 amide bonds. The third-order valence-corrected chi connectivity index (χ3v) is 3.27. The summed E-state index contributed by atoms with van der Waals surface area (Å²) in [6.07, 6.45) is 1.81. The van der Waals surface area contributed by atoms with Crippen LogP contribution >= 0.6 is 24.0 Å². The molecule has 1 saturated heterocycles. The first-order valence-electron chi connectivity index (χ1n) is 5.17. The standard InChI is InChI=1S/C12H11NO2S2/c1-2-15-9-5-3-4-8(6-9)7-10-11(14)13-12(16)17-10/h3-7H,2H2,1H3,(H,13,14,16)/b10-7+. The molecule has 2 rings (SSSR count). The quantitative estimate of drug-likeness (QED) is 0.673. The van der Waals surface area contributed by atoms with E-state index in [0.717, 1.165) is 11.3 Å². The van der Waals surface area contributed by atoms with Crippen molar-refractivity contribution in [1.29, 1.82) is 0 Å². The molecule has 1 aromatic carbocycles. The Morgan fingerprint density at radius 3 is 3.00 bits per heavy atom. The van der Waals surface area contributed by atoms with E-state index in [2.05, 4.69) is 5.32 Å². The van der Waals surface area contributed by atoms with Gasteiger partial charge in [0.1, 0.15) is 10.1 Å². The van der Waals surface area contributed by atoms with E-state index in [0.29, 0.717) is 15.8 Å². The molecule has 1 aliphatic heterocycles. The maximum absolute atomic E-state index is 11.5. The Bertz CT molecular complexity index is 497. The maximum Gasteiger partial charge on any atom is 0.263 e. The van der Waals surface area contributed by atoms with Crippen LogP contribution in [0.3, 0.4) is 0 Å². The van der Waals surface area contributed by atoms with Gasteiger partial charge in [-0.3, -0.25) is 4.79 Å². The molecule has 5 heteroatoms. The molecule has 3 nitrogen and oxygen atoms in total. The molecule has 17 heavy (non-hydrogen) atoms. The molecule has 1 heterocycles. The Morgan fingerprint density at radius 1 is 1.53 bits per heavy atom. The highest BCUT2D eigenvalue weighted by Gasteiger charge is 2.21. The molecule has 88 valence electrons. The molecule has 0 spiro atoms. The summed E-state index contributed by atoms with van der Waals surface area (Å²) in [5.74, 6) is 0.662. The average molecular weight is 265 g/mol. The van der Waals surface area contributed by atoms with Crippen LogP contribution in [0.4, 0.5) is 0 Å². The maximum atomic E-state index is 11.5. The van der Waals surface area contributed by atoms with Crippen molar-refractivity contribution in [1.82, 2.24) is 5.32 Å². The molecule has 0 radical (unpaired) electrons. The molecule has 0 unspecified atom stereocenters. The van der Waals surface area contributed by atoms with Gasteiger partial charge in [0, 0.05) is 0 Å². The first kappa shape index (κ1) is 12.1. The smallest absolute Gasteiger partial charge is 0.263 e. The Balaban J connectivity index is 2.23. The third kappa shape index (κ3) is 3.08. The van der Waals surface area contributed by atoms with E-state index in [4.69, 9.17) is 17.0 Å². The lowest BCUT2D eigenvalue weighted by molar-refractivity contribution is -0.115. The Hall–Kier alpha value is -1.33. The summed E-state index contributed by atoms with van der Waals surface area (Å²) >= 11 is 6.20. The van der Waals surface area contributed by atoms with Crippen LogP contribution in [0.5, 0.6) is 5.75 Å². The van der Waals surface area contributed by atoms with Crippen molar-refractivity contribution in [3.8, 4) is 5.75 Å². The minimum atomic E-state index is -0.137. The molecule has 1 aliphatic rings. The van der Waals surface area contributed by atoms with Crippen LogP contribution in [0.15, 0.2) is 29.2 Å². The predicted octanol–water partition coefficient (Wildman–Crippen LogP) is 2.57. The van der Waals surface area contributed by atoms with Gasteiger partial charge in [-0.2, -0.15) is 0 Å². The van der Waals surface area contributed by atoms with E-state index in [1.807, 2.05) is 37.3 Å². The fourth-order valence-electron chi connectivity index (χ4n) is 1.43. The van der Waals surface area contributed by atoms with Crippen molar-refractivity contribution in [3.05, 3.63) is 34.7 Å². The number of thioether (sulfide) groups is 1. The highest BCUT2D eigenvalue weighted by Crippen LogP contribution is 2.26. The van der Waals surface area contributed by atoms with Gasteiger partial charge in [0.25, 0.3) is 5.91 Å². The number of benzene rings is 1. The van der Waals surface area contributed by atoms with E-state index in [1.165, 1.54) is 11.8 Å². The molecular formula is C12H11NO2S2. The molecule has 1 fully saturated rings. The van der Waals surface area contributed by atoms with E-state index in [-0.39, 0.29) is 5.91 Å². The summed E-state index contributed by atoms with van der Waals surface area (Å²) in [5, 5.41) is 2.58. The topological polar surface area (TPSA) is 38.3 Å². The van der Waals surface area contributed by atoms with Crippen LogP contribution in [0, 0.1) is 0 Å². The second-order valence-corrected chi connectivity index (χ2v) is 5.08. The second-order valence-electron chi connectivity index (χ2n) is 3.36. The first-order valence-corrected chi connectivity index (χ1v) is 6.39. The molecule has 0 bridgehead atoms. The molecular weight excluding hydrogens is 254 g/mol. The van der Waals surface area contributed by atoms with Crippen molar-refractivity contribution >= 4 is 40.3 Å². The van der Waals surface area contributed by atoms with Gasteiger partial charge in [-0.25, -0.2) is 0 Å². The van der Waals surface area contributed by atoms with Gasteiger partial charge in [0.2, 0.25) is 0 Å². The molecule has 0 saturated carbocycles. The van der Waals surface area contributed by atoms with Crippen LogP contribution in [0.25, 0.3) is 6.08 Å². The van der Waals surface area contributed by atoms with Crippen molar-refractivity contribution in [2.75, 3.05) is 6.61 Å². The third-order valence-electron chi connectivity index (χ3n) is 2.11. The van der Waals surface area contributed by atoms with E-state index >= 15 is 0 Å². The molecule has 1 N–H and O–H groups in total. The summed E-state index contributed by atoms with van der Waals surface area (Å²) < 4.78 is 5.90. The van der Waals surface area contributed by atoms with Crippen LogP contribution in [-0.4, -0.2) is 16.8 Å². The van der Waals surface area contributed by atoms with Gasteiger partial charge in [-0.05, 0) is 30.7 Å². The van der Waals surface area contributed by atoms with Crippen molar-refractivity contribution in [3.63, 3.8) is 0 Å². The number of hydrogen-bond donors (Lipinski definition) is 1. The summed E-state index contributed by atoms with van der Waals surface area (Å²) in [6.45, 7) is 2.56. The van der Waals surface area contributed by atoms with Crippen LogP contribution in [0.2, 0.25) is 0 Å². The van der Waals surface area contributed by atoms with Crippen LogP contribution in [-0.2, 0) is 4.79 Å². The zero-order chi connectivity index (χ0) is 12.3. The number of nitrogens with one attached hydrogen (secondary N) is 1. The molecule has 1 aromatic rings. The Kier molecular flexibility index (Phi) is 3.81. The van der Waals surface area contributed by atoms with Crippen LogP contribution in [0.1, 0.15) is 12.5 Å². The summed E-state index contributed by atoms with van der Waals surface area (Å²) in [5.41, 5.74) is 0.929. The van der Waals surface area contributed by atoms with Crippen LogP contribution < -0.4 is 10.1 Å². The number of rotatable bonds is 3.